The minimum atomic E-state index is -1.10. The lowest BCUT2D eigenvalue weighted by molar-refractivity contribution is -0.144. The molecule has 3 saturated carbocycles. The molecule has 238 valence electrons. The SMILES string of the molecule is C#C[C@@]1(O)CC[C@H]2[C@@H]3CCC4=C/C(=N\OCC(=O)N[C@@H](C(=O)N[C@@H](C(=O)O)[C@H](C)CC)C(C)C)CC[C@]4(C)[C@H]3CC[C@@]21C. The molecule has 0 aromatic heterocycles. The number of carbonyl (C=O) groups is 3. The van der Waals surface area contributed by atoms with Crippen LogP contribution in [0.25, 0.3) is 0 Å². The number of rotatable bonds is 10. The molecule has 0 heterocycles. The molecule has 4 N–H and O–H groups in total. The first-order chi connectivity index (χ1) is 20.2. The molecule has 0 saturated heterocycles. The maximum absolute atomic E-state index is 12.9. The molecular weight excluding hydrogens is 546 g/mol. The molecule has 3 fully saturated rings. The summed E-state index contributed by atoms with van der Waals surface area (Å²) in [6.07, 6.45) is 16.1. The number of hydrogen-bond acceptors (Lipinski definition) is 6. The molecule has 0 unspecified atom stereocenters. The highest BCUT2D eigenvalue weighted by atomic mass is 16.6. The van der Waals surface area contributed by atoms with E-state index in [9.17, 15) is 24.6 Å². The van der Waals surface area contributed by atoms with Crippen LogP contribution in [0.2, 0.25) is 0 Å². The minimum Gasteiger partial charge on any atom is -0.480 e. The molecule has 0 bridgehead atoms. The molecule has 4 aliphatic carbocycles. The lowest BCUT2D eigenvalue weighted by Gasteiger charge is -2.58. The number of amides is 2. The summed E-state index contributed by atoms with van der Waals surface area (Å²) in [7, 11) is 0. The van der Waals surface area contributed by atoms with Crippen molar-refractivity contribution in [1.29, 1.82) is 0 Å². The van der Waals surface area contributed by atoms with Gasteiger partial charge in [-0.2, -0.15) is 0 Å². The fourth-order valence-electron chi connectivity index (χ4n) is 8.75. The van der Waals surface area contributed by atoms with Crippen LogP contribution in [-0.4, -0.2) is 58.0 Å². The van der Waals surface area contributed by atoms with Gasteiger partial charge in [-0.1, -0.05) is 64.6 Å². The van der Waals surface area contributed by atoms with E-state index in [-0.39, 0.29) is 29.3 Å². The summed E-state index contributed by atoms with van der Waals surface area (Å²) in [6.45, 7) is 11.5. The van der Waals surface area contributed by atoms with Gasteiger partial charge in [0, 0.05) is 5.41 Å². The number of carbonyl (C=O) groups excluding carboxylic acids is 2. The quantitative estimate of drug-likeness (QED) is 0.217. The van der Waals surface area contributed by atoms with Crippen LogP contribution in [0.3, 0.4) is 0 Å². The second kappa shape index (κ2) is 12.6. The highest BCUT2D eigenvalue weighted by Gasteiger charge is 2.63. The van der Waals surface area contributed by atoms with Crippen LogP contribution in [0, 0.1) is 52.8 Å². The summed E-state index contributed by atoms with van der Waals surface area (Å²) in [6, 6.07) is -1.92. The predicted octanol–water partition coefficient (Wildman–Crippen LogP) is 4.44. The average Bonchev–Trinajstić information content (AvgIpc) is 3.24. The van der Waals surface area contributed by atoms with E-state index in [1.807, 2.05) is 6.92 Å². The summed E-state index contributed by atoms with van der Waals surface area (Å²) in [5, 5.41) is 30.3. The lowest BCUT2D eigenvalue weighted by atomic mass is 9.46. The van der Waals surface area contributed by atoms with Crippen molar-refractivity contribution in [3.05, 3.63) is 11.6 Å². The molecule has 4 rings (SSSR count). The Kier molecular flexibility index (Phi) is 9.71. The fourth-order valence-corrected chi connectivity index (χ4v) is 8.75. The first-order valence-electron chi connectivity index (χ1n) is 16.1. The Morgan fingerprint density at radius 2 is 1.77 bits per heavy atom. The van der Waals surface area contributed by atoms with Gasteiger partial charge < -0.3 is 25.7 Å². The van der Waals surface area contributed by atoms with Gasteiger partial charge in [0.15, 0.2) is 6.61 Å². The van der Waals surface area contributed by atoms with Crippen molar-refractivity contribution in [2.45, 2.75) is 117 Å². The summed E-state index contributed by atoms with van der Waals surface area (Å²) >= 11 is 0. The lowest BCUT2D eigenvalue weighted by Crippen LogP contribution is -2.55. The number of nitrogens with zero attached hydrogens (tertiary/aromatic N) is 1. The molecule has 9 nitrogen and oxygen atoms in total. The number of fused-ring (bicyclic) bond motifs is 5. The molecule has 9 atom stereocenters. The van der Waals surface area contributed by atoms with Crippen LogP contribution in [0.15, 0.2) is 16.8 Å². The van der Waals surface area contributed by atoms with E-state index in [1.54, 1.807) is 20.8 Å². The van der Waals surface area contributed by atoms with E-state index in [0.29, 0.717) is 30.6 Å². The van der Waals surface area contributed by atoms with Crippen LogP contribution in [0.4, 0.5) is 0 Å². The molecule has 4 aliphatic rings. The van der Waals surface area contributed by atoms with Crippen molar-refractivity contribution in [3.8, 4) is 12.3 Å². The second-order valence-electron chi connectivity index (χ2n) is 14.4. The Hall–Kier alpha value is -2.86. The van der Waals surface area contributed by atoms with Gasteiger partial charge in [0.1, 0.15) is 17.7 Å². The van der Waals surface area contributed by atoms with Gasteiger partial charge in [-0.05, 0) is 92.4 Å². The van der Waals surface area contributed by atoms with Gasteiger partial charge in [-0.25, -0.2) is 4.79 Å². The van der Waals surface area contributed by atoms with Crippen LogP contribution >= 0.6 is 0 Å². The van der Waals surface area contributed by atoms with Gasteiger partial charge in [0.05, 0.1) is 5.71 Å². The van der Waals surface area contributed by atoms with Crippen LogP contribution in [0.1, 0.15) is 99.3 Å². The van der Waals surface area contributed by atoms with E-state index in [2.05, 4.69) is 41.6 Å². The van der Waals surface area contributed by atoms with Crippen molar-refractivity contribution in [3.63, 3.8) is 0 Å². The number of terminal acetylenes is 1. The molecule has 0 aromatic rings. The molecule has 0 aliphatic heterocycles. The number of oxime groups is 1. The monoisotopic (exact) mass is 597 g/mol. The number of carboxylic acids is 1. The summed E-state index contributed by atoms with van der Waals surface area (Å²) in [5.74, 6) is 1.70. The van der Waals surface area contributed by atoms with E-state index in [4.69, 9.17) is 11.3 Å². The highest BCUT2D eigenvalue weighted by Crippen LogP contribution is 2.67. The first-order valence-corrected chi connectivity index (χ1v) is 16.1. The summed E-state index contributed by atoms with van der Waals surface area (Å²) < 4.78 is 0. The third-order valence-electron chi connectivity index (χ3n) is 11.8. The third kappa shape index (κ3) is 6.09. The number of aliphatic hydroxyl groups is 1. The maximum Gasteiger partial charge on any atom is 0.326 e. The summed E-state index contributed by atoms with van der Waals surface area (Å²) in [4.78, 5) is 42.7. The van der Waals surface area contributed by atoms with Crippen LogP contribution < -0.4 is 10.6 Å². The summed E-state index contributed by atoms with van der Waals surface area (Å²) in [5.41, 5.74) is 1.09. The van der Waals surface area contributed by atoms with Gasteiger partial charge in [-0.15, -0.1) is 6.42 Å². The Bertz CT molecular complexity index is 1200. The topological polar surface area (TPSA) is 137 Å². The van der Waals surface area contributed by atoms with Crippen molar-refractivity contribution in [2.75, 3.05) is 6.61 Å². The Balaban J connectivity index is 1.35. The third-order valence-corrected chi connectivity index (χ3v) is 11.8. The highest BCUT2D eigenvalue weighted by molar-refractivity contribution is 5.96. The first kappa shape index (κ1) is 33.0. The number of allylic oxidation sites excluding steroid dienone is 2. The zero-order chi connectivity index (χ0) is 31.7. The smallest absolute Gasteiger partial charge is 0.326 e. The number of carboxylic acid groups (broad SMARTS) is 1. The molecule has 2 amide bonds. The average molecular weight is 598 g/mol. The van der Waals surface area contributed by atoms with Crippen molar-refractivity contribution < 1.29 is 29.4 Å². The van der Waals surface area contributed by atoms with E-state index in [0.717, 1.165) is 50.7 Å². The van der Waals surface area contributed by atoms with Crippen molar-refractivity contribution >= 4 is 23.5 Å². The van der Waals surface area contributed by atoms with Crippen LogP contribution in [-0.2, 0) is 19.2 Å². The van der Waals surface area contributed by atoms with Gasteiger partial charge in [-0.3, -0.25) is 9.59 Å². The van der Waals surface area contributed by atoms with E-state index in [1.165, 1.54) is 5.57 Å². The zero-order valence-electron chi connectivity index (χ0n) is 26.7. The molecule has 9 heteroatoms. The van der Waals surface area contributed by atoms with Crippen molar-refractivity contribution in [1.82, 2.24) is 10.6 Å². The Labute approximate surface area is 256 Å². The Morgan fingerprint density at radius 3 is 2.40 bits per heavy atom. The van der Waals surface area contributed by atoms with Crippen LogP contribution in [0.5, 0.6) is 0 Å². The fraction of sp³-hybridized carbons (Fsp3) is 0.765. The van der Waals surface area contributed by atoms with Gasteiger partial charge in [0.2, 0.25) is 5.91 Å². The molecule has 43 heavy (non-hydrogen) atoms. The molecule has 0 aromatic carbocycles. The normalized spacial score (nSPS) is 36.2. The van der Waals surface area contributed by atoms with E-state index < -0.39 is 35.5 Å². The van der Waals surface area contributed by atoms with Crippen molar-refractivity contribution in [2.24, 2.45) is 45.6 Å². The number of hydrogen-bond donors (Lipinski definition) is 4. The minimum absolute atomic E-state index is 0.0818. The number of nitrogens with one attached hydrogen (secondary N) is 2. The van der Waals surface area contributed by atoms with Gasteiger partial charge >= 0.3 is 5.97 Å². The molecule has 0 radical (unpaired) electrons. The van der Waals surface area contributed by atoms with E-state index >= 15 is 0 Å². The standard InChI is InChI=1S/C34H51N3O6/c1-8-21(5)29(31(40)41)36-30(39)28(20(3)4)35-27(38)19-43-37-23-12-15-32(6)22(18-23)10-11-24-25(32)13-16-33(7)26(24)14-17-34(33,42)9-2/h2,18,20-21,24-26,28-29,42H,8,10-17,19H2,1,3-7H3,(H,35,38)(H,36,39)(H,40,41)/b37-23-/t21-,24-,25+,26+,28-,29-,32+,33+,34-/m1/s1. The largest absolute Gasteiger partial charge is 0.480 e. The predicted molar refractivity (Wildman–Crippen MR) is 165 cm³/mol. The second-order valence-corrected chi connectivity index (χ2v) is 14.4. The number of aliphatic carboxylic acids is 1. The van der Waals surface area contributed by atoms with Gasteiger partial charge in [0.25, 0.3) is 5.91 Å². The maximum atomic E-state index is 12.9. The molecule has 0 spiro atoms. The Morgan fingerprint density at radius 1 is 1.07 bits per heavy atom. The molecular formula is C34H51N3O6. The zero-order valence-corrected chi connectivity index (χ0v) is 26.7.